The van der Waals surface area contributed by atoms with Crippen LogP contribution in [-0.2, 0) is 12.8 Å². The van der Waals surface area contributed by atoms with Gasteiger partial charge in [-0.15, -0.1) is 12.4 Å². The van der Waals surface area contributed by atoms with E-state index in [9.17, 15) is 15.0 Å². The Kier molecular flexibility index (Phi) is 8.38. The maximum Gasteiger partial charge on any atom is 0.335 e. The number of aromatic carboxylic acids is 1. The third-order valence-corrected chi connectivity index (χ3v) is 6.30. The molecule has 4 rings (SSSR count). The third kappa shape index (κ3) is 5.87. The van der Waals surface area contributed by atoms with Crippen molar-refractivity contribution < 1.29 is 19.7 Å². The summed E-state index contributed by atoms with van der Waals surface area (Å²) in [5.41, 5.74) is 5.50. The fourth-order valence-electron chi connectivity index (χ4n) is 4.24. The van der Waals surface area contributed by atoms with Gasteiger partial charge in [-0.1, -0.05) is 41.9 Å². The number of carbonyl (C=O) groups is 1. The Morgan fingerprint density at radius 2 is 1.88 bits per heavy atom. The minimum atomic E-state index is -0.977. The van der Waals surface area contributed by atoms with Crippen molar-refractivity contribution in [1.82, 2.24) is 5.32 Å². The van der Waals surface area contributed by atoms with Crippen LogP contribution in [0.5, 0.6) is 5.75 Å². The highest BCUT2D eigenvalue weighted by molar-refractivity contribution is 6.30. The Labute approximate surface area is 204 Å². The highest BCUT2D eigenvalue weighted by Gasteiger charge is 2.21. The van der Waals surface area contributed by atoms with Crippen LogP contribution in [0.15, 0.2) is 60.7 Å². The van der Waals surface area contributed by atoms with Gasteiger partial charge < -0.3 is 20.3 Å². The number of hydrogen-bond acceptors (Lipinski definition) is 4. The Hall–Kier alpha value is -2.57. The van der Waals surface area contributed by atoms with E-state index in [2.05, 4.69) is 23.5 Å². The molecule has 0 unspecified atom stereocenters. The third-order valence-electron chi connectivity index (χ3n) is 6.05. The molecule has 0 saturated carbocycles. The number of methoxy groups -OCH3 is 1. The quantitative estimate of drug-likeness (QED) is 0.420. The van der Waals surface area contributed by atoms with Gasteiger partial charge in [-0.25, -0.2) is 4.79 Å². The Bertz CT molecular complexity index is 1120. The van der Waals surface area contributed by atoms with E-state index < -0.39 is 12.1 Å². The molecule has 0 heterocycles. The second kappa shape index (κ2) is 11.0. The SMILES string of the molecule is COc1cc(C(=O)O)ccc1-c1ccc2c(c1)C[C@@H](NC[C@H](O)c1ccc(Cl)cc1)CC2.Cl. The number of hydrogen-bond donors (Lipinski definition) is 3. The number of benzene rings is 3. The van der Waals surface area contributed by atoms with Crippen molar-refractivity contribution in [3.05, 3.63) is 87.9 Å². The van der Waals surface area contributed by atoms with Crippen LogP contribution >= 0.6 is 24.0 Å². The predicted octanol–water partition coefficient (Wildman–Crippen LogP) is 5.32. The number of fused-ring (bicyclic) bond motifs is 1. The van der Waals surface area contributed by atoms with Crippen LogP contribution in [0.25, 0.3) is 11.1 Å². The number of nitrogens with one attached hydrogen (secondary N) is 1. The summed E-state index contributed by atoms with van der Waals surface area (Å²) in [6.07, 6.45) is 2.26. The molecule has 0 fully saturated rings. The van der Waals surface area contributed by atoms with E-state index in [0.717, 1.165) is 36.0 Å². The van der Waals surface area contributed by atoms with Crippen molar-refractivity contribution in [3.8, 4) is 16.9 Å². The molecule has 3 N–H and O–H groups in total. The molecule has 0 aliphatic heterocycles. The number of aryl methyl sites for hydroxylation is 1. The summed E-state index contributed by atoms with van der Waals surface area (Å²) in [5.74, 6) is -0.434. The summed E-state index contributed by atoms with van der Waals surface area (Å²) in [7, 11) is 1.55. The zero-order valence-corrected chi connectivity index (χ0v) is 19.8. The van der Waals surface area contributed by atoms with E-state index >= 15 is 0 Å². The van der Waals surface area contributed by atoms with E-state index in [0.29, 0.717) is 17.3 Å². The molecule has 5 nitrogen and oxygen atoms in total. The average Bonchev–Trinajstić information content (AvgIpc) is 2.82. The van der Waals surface area contributed by atoms with Gasteiger partial charge in [0.05, 0.1) is 18.8 Å². The molecule has 1 aliphatic rings. The van der Waals surface area contributed by atoms with Gasteiger partial charge in [0.1, 0.15) is 5.75 Å². The van der Waals surface area contributed by atoms with Crippen LogP contribution in [0.3, 0.4) is 0 Å². The van der Waals surface area contributed by atoms with Gasteiger partial charge in [0.25, 0.3) is 0 Å². The molecular weight excluding hydrogens is 461 g/mol. The van der Waals surface area contributed by atoms with Gasteiger partial charge in [-0.05, 0) is 71.8 Å². The molecule has 0 aromatic heterocycles. The van der Waals surface area contributed by atoms with Gasteiger partial charge in [0.2, 0.25) is 0 Å². The van der Waals surface area contributed by atoms with Gasteiger partial charge in [0, 0.05) is 23.2 Å². The summed E-state index contributed by atoms with van der Waals surface area (Å²) in [4.78, 5) is 11.3. The summed E-state index contributed by atoms with van der Waals surface area (Å²) in [6.45, 7) is 0.478. The lowest BCUT2D eigenvalue weighted by atomic mass is 9.86. The molecule has 2 atom stereocenters. The van der Waals surface area contributed by atoms with Crippen molar-refractivity contribution >= 4 is 30.0 Å². The molecule has 0 saturated heterocycles. The lowest BCUT2D eigenvalue weighted by Crippen LogP contribution is -2.37. The minimum absolute atomic E-state index is 0. The summed E-state index contributed by atoms with van der Waals surface area (Å²) in [6, 6.07) is 18.9. The van der Waals surface area contributed by atoms with Crippen molar-refractivity contribution in [2.45, 2.75) is 31.4 Å². The molecule has 0 bridgehead atoms. The molecular formula is C26H27Cl2NO4. The molecule has 1 aliphatic carbocycles. The molecule has 174 valence electrons. The van der Waals surface area contributed by atoms with E-state index in [1.165, 1.54) is 11.1 Å². The number of rotatable bonds is 7. The zero-order chi connectivity index (χ0) is 22.7. The smallest absolute Gasteiger partial charge is 0.335 e. The van der Waals surface area contributed by atoms with Crippen molar-refractivity contribution in [1.29, 1.82) is 0 Å². The number of halogens is 2. The lowest BCUT2D eigenvalue weighted by Gasteiger charge is -2.27. The van der Waals surface area contributed by atoms with Gasteiger partial charge >= 0.3 is 5.97 Å². The molecule has 7 heteroatoms. The lowest BCUT2D eigenvalue weighted by molar-refractivity contribution is 0.0696. The normalized spacial score (nSPS) is 15.8. The standard InChI is InChI=1S/C26H26ClNO4.ClH/c1-32-25-14-19(26(30)31)7-11-23(25)18-3-2-16-6-10-22(13-20(16)12-18)28-15-24(29)17-4-8-21(27)9-5-17;/h2-5,7-9,11-12,14,22,24,28-29H,6,10,13,15H2,1H3,(H,30,31);1H/t22-,24-;/m0./s1. The first-order chi connectivity index (χ1) is 15.4. The van der Waals surface area contributed by atoms with Crippen LogP contribution in [-0.4, -0.2) is 35.9 Å². The number of carboxylic acid groups (broad SMARTS) is 1. The summed E-state index contributed by atoms with van der Waals surface area (Å²) < 4.78 is 5.46. The van der Waals surface area contributed by atoms with Crippen molar-refractivity contribution in [2.75, 3.05) is 13.7 Å². The molecule has 33 heavy (non-hydrogen) atoms. The largest absolute Gasteiger partial charge is 0.496 e. The Morgan fingerprint density at radius 3 is 2.58 bits per heavy atom. The summed E-state index contributed by atoms with van der Waals surface area (Å²) >= 11 is 5.93. The minimum Gasteiger partial charge on any atom is -0.496 e. The monoisotopic (exact) mass is 487 g/mol. The maximum atomic E-state index is 11.3. The van der Waals surface area contributed by atoms with Crippen molar-refractivity contribution in [2.24, 2.45) is 0 Å². The molecule has 0 amide bonds. The van der Waals surface area contributed by atoms with E-state index in [1.54, 1.807) is 37.4 Å². The number of aliphatic hydroxyl groups is 1. The maximum absolute atomic E-state index is 11.3. The molecule has 3 aromatic rings. The highest BCUT2D eigenvalue weighted by Crippen LogP contribution is 2.34. The van der Waals surface area contributed by atoms with E-state index in [1.807, 2.05) is 12.1 Å². The fourth-order valence-corrected chi connectivity index (χ4v) is 4.37. The number of aliphatic hydroxyl groups excluding tert-OH is 1. The topological polar surface area (TPSA) is 78.8 Å². The number of ether oxygens (including phenoxy) is 1. The predicted molar refractivity (Wildman–Crippen MR) is 133 cm³/mol. The first-order valence-electron chi connectivity index (χ1n) is 10.6. The fraction of sp³-hybridized carbons (Fsp3) is 0.269. The van der Waals surface area contributed by atoms with Gasteiger partial charge in [-0.3, -0.25) is 0 Å². The average molecular weight is 488 g/mol. The summed E-state index contributed by atoms with van der Waals surface area (Å²) in [5, 5.41) is 23.9. The first-order valence-corrected chi connectivity index (χ1v) is 11.0. The van der Waals surface area contributed by atoms with Gasteiger partial charge in [0.15, 0.2) is 0 Å². The van der Waals surface area contributed by atoms with Crippen LogP contribution in [0.1, 0.15) is 39.6 Å². The Balaban J connectivity index is 0.00000306. The second-order valence-electron chi connectivity index (χ2n) is 8.12. The zero-order valence-electron chi connectivity index (χ0n) is 18.3. The Morgan fingerprint density at radius 1 is 1.12 bits per heavy atom. The van der Waals surface area contributed by atoms with Gasteiger partial charge in [-0.2, -0.15) is 0 Å². The van der Waals surface area contributed by atoms with Crippen molar-refractivity contribution in [3.63, 3.8) is 0 Å². The van der Waals surface area contributed by atoms with E-state index in [4.69, 9.17) is 16.3 Å². The van der Waals surface area contributed by atoms with Crippen LogP contribution in [0, 0.1) is 0 Å². The van der Waals surface area contributed by atoms with E-state index in [-0.39, 0.29) is 24.0 Å². The molecule has 0 radical (unpaired) electrons. The first kappa shape index (κ1) is 25.1. The molecule has 3 aromatic carbocycles. The van der Waals surface area contributed by atoms with Crippen LogP contribution < -0.4 is 10.1 Å². The van der Waals surface area contributed by atoms with Crippen LogP contribution in [0.4, 0.5) is 0 Å². The number of carboxylic acids is 1. The highest BCUT2D eigenvalue weighted by atomic mass is 35.5. The van der Waals surface area contributed by atoms with Crippen LogP contribution in [0.2, 0.25) is 5.02 Å². The molecule has 0 spiro atoms. The second-order valence-corrected chi connectivity index (χ2v) is 8.56.